The van der Waals surface area contributed by atoms with E-state index in [4.69, 9.17) is 9.84 Å². The molecule has 1 atom stereocenters. The molecule has 1 N–H and O–H groups in total. The van der Waals surface area contributed by atoms with E-state index in [-0.39, 0.29) is 0 Å². The van der Waals surface area contributed by atoms with E-state index in [0.29, 0.717) is 19.0 Å². The Labute approximate surface area is 83.8 Å². The minimum Gasteiger partial charge on any atom is -0.465 e. The lowest BCUT2D eigenvalue weighted by Gasteiger charge is -2.12. The van der Waals surface area contributed by atoms with E-state index < -0.39 is 6.09 Å². The van der Waals surface area contributed by atoms with Crippen molar-refractivity contribution < 1.29 is 14.6 Å². The van der Waals surface area contributed by atoms with Crippen molar-refractivity contribution in [2.45, 2.75) is 19.3 Å². The number of carbonyl (C=O) groups is 1. The summed E-state index contributed by atoms with van der Waals surface area (Å²) in [4.78, 5) is 12.1. The Morgan fingerprint density at radius 3 is 2.57 bits per heavy atom. The molecule has 1 aliphatic heterocycles. The molecule has 14 heavy (non-hydrogen) atoms. The number of likely N-dealkylation sites (tertiary alicyclic amines) is 1. The van der Waals surface area contributed by atoms with Crippen LogP contribution in [0.15, 0.2) is 0 Å². The monoisotopic (exact) mass is 199 g/mol. The topological polar surface area (TPSA) is 49.8 Å². The van der Waals surface area contributed by atoms with Crippen molar-refractivity contribution in [3.05, 3.63) is 0 Å². The fourth-order valence-corrected chi connectivity index (χ4v) is 1.83. The lowest BCUT2D eigenvalue weighted by atomic mass is 10.1. The lowest BCUT2D eigenvalue weighted by molar-refractivity contribution is 0.0920. The number of hydrogen-bond acceptors (Lipinski definition) is 2. The molecule has 80 valence electrons. The maximum Gasteiger partial charge on any atom is 0.407 e. The van der Waals surface area contributed by atoms with Gasteiger partial charge >= 0.3 is 6.09 Å². The average molecular weight is 199 g/mol. The lowest BCUT2D eigenvalue weighted by Crippen LogP contribution is -2.27. The van der Waals surface area contributed by atoms with Gasteiger partial charge in [0.2, 0.25) is 0 Å². The fourth-order valence-electron chi connectivity index (χ4n) is 1.83. The van der Waals surface area contributed by atoms with Gasteiger partial charge in [0.05, 0.1) is 6.61 Å². The number of amides is 1. The van der Waals surface area contributed by atoms with Crippen molar-refractivity contribution in [3.63, 3.8) is 0 Å². The molecular formula is C10H17NO3. The Morgan fingerprint density at radius 2 is 2.00 bits per heavy atom. The zero-order chi connectivity index (χ0) is 9.97. The van der Waals surface area contributed by atoms with Crippen LogP contribution >= 0.6 is 0 Å². The molecule has 1 saturated heterocycles. The summed E-state index contributed by atoms with van der Waals surface area (Å²) in [5, 5.41) is 8.74. The van der Waals surface area contributed by atoms with Crippen molar-refractivity contribution in [1.82, 2.24) is 4.90 Å². The van der Waals surface area contributed by atoms with Gasteiger partial charge in [0.15, 0.2) is 0 Å². The zero-order valence-electron chi connectivity index (χ0n) is 8.32. The smallest absolute Gasteiger partial charge is 0.407 e. The van der Waals surface area contributed by atoms with Crippen LogP contribution < -0.4 is 0 Å². The third-order valence-electron chi connectivity index (χ3n) is 2.96. The molecule has 1 saturated carbocycles. The number of rotatable bonds is 4. The normalized spacial score (nSPS) is 26.9. The predicted molar refractivity (Wildman–Crippen MR) is 51.2 cm³/mol. The maximum absolute atomic E-state index is 10.6. The van der Waals surface area contributed by atoms with Crippen LogP contribution in [0.3, 0.4) is 0 Å². The first kappa shape index (κ1) is 9.77. The van der Waals surface area contributed by atoms with E-state index in [2.05, 4.69) is 0 Å². The highest BCUT2D eigenvalue weighted by Crippen LogP contribution is 2.29. The summed E-state index contributed by atoms with van der Waals surface area (Å²) in [6, 6.07) is 0. The summed E-state index contributed by atoms with van der Waals surface area (Å²) in [6.07, 6.45) is 2.78. The van der Waals surface area contributed by atoms with E-state index >= 15 is 0 Å². The van der Waals surface area contributed by atoms with Crippen LogP contribution in [0.4, 0.5) is 4.79 Å². The van der Waals surface area contributed by atoms with Crippen LogP contribution in [-0.2, 0) is 4.74 Å². The van der Waals surface area contributed by atoms with Crippen LogP contribution in [0.2, 0.25) is 0 Å². The van der Waals surface area contributed by atoms with Crippen molar-refractivity contribution >= 4 is 6.09 Å². The van der Waals surface area contributed by atoms with Crippen molar-refractivity contribution in [2.75, 3.05) is 26.3 Å². The van der Waals surface area contributed by atoms with Gasteiger partial charge in [-0.25, -0.2) is 4.79 Å². The van der Waals surface area contributed by atoms with E-state index in [1.165, 1.54) is 17.7 Å². The molecule has 1 heterocycles. The van der Waals surface area contributed by atoms with Gasteiger partial charge in [-0.1, -0.05) is 0 Å². The van der Waals surface area contributed by atoms with E-state index in [0.717, 1.165) is 25.6 Å². The first-order chi connectivity index (χ1) is 6.75. The molecule has 0 aromatic rings. The summed E-state index contributed by atoms with van der Waals surface area (Å²) in [5.74, 6) is 1.22. The predicted octanol–water partition coefficient (Wildman–Crippen LogP) is 1.41. The third-order valence-corrected chi connectivity index (χ3v) is 2.96. The number of carboxylic acid groups (broad SMARTS) is 1. The molecule has 1 aliphatic carbocycles. The SMILES string of the molecule is O=C(O)N1CCC(COCC2CC2)C1. The molecule has 0 aromatic heterocycles. The van der Waals surface area contributed by atoms with Gasteiger partial charge in [-0.3, -0.25) is 0 Å². The second kappa shape index (κ2) is 4.17. The molecule has 0 spiro atoms. The Morgan fingerprint density at radius 1 is 1.29 bits per heavy atom. The number of hydrogen-bond donors (Lipinski definition) is 1. The number of nitrogens with zero attached hydrogens (tertiary/aromatic N) is 1. The number of ether oxygens (including phenoxy) is 1. The molecule has 0 bridgehead atoms. The quantitative estimate of drug-likeness (QED) is 0.744. The molecule has 2 aliphatic rings. The van der Waals surface area contributed by atoms with Crippen LogP contribution in [0.5, 0.6) is 0 Å². The maximum atomic E-state index is 10.6. The third kappa shape index (κ3) is 2.61. The van der Waals surface area contributed by atoms with Crippen LogP contribution in [0, 0.1) is 11.8 Å². The molecule has 1 amide bonds. The van der Waals surface area contributed by atoms with Gasteiger partial charge in [0.25, 0.3) is 0 Å². The molecule has 0 aromatic carbocycles. The van der Waals surface area contributed by atoms with Crippen LogP contribution in [-0.4, -0.2) is 42.4 Å². The van der Waals surface area contributed by atoms with Crippen molar-refractivity contribution in [2.24, 2.45) is 11.8 Å². The fraction of sp³-hybridized carbons (Fsp3) is 0.900. The van der Waals surface area contributed by atoms with Crippen molar-refractivity contribution in [3.8, 4) is 0 Å². The Bertz CT molecular complexity index is 215. The Hall–Kier alpha value is -0.770. The summed E-state index contributed by atoms with van der Waals surface area (Å²) < 4.78 is 5.55. The van der Waals surface area contributed by atoms with Gasteiger partial charge in [0.1, 0.15) is 0 Å². The molecule has 2 rings (SSSR count). The molecule has 1 unspecified atom stereocenters. The Kier molecular flexibility index (Phi) is 2.91. The molecule has 0 radical (unpaired) electrons. The molecule has 2 fully saturated rings. The molecule has 4 heteroatoms. The highest BCUT2D eigenvalue weighted by molar-refractivity contribution is 5.65. The molecule has 4 nitrogen and oxygen atoms in total. The largest absolute Gasteiger partial charge is 0.465 e. The minimum atomic E-state index is -0.797. The first-order valence-corrected chi connectivity index (χ1v) is 5.31. The second-order valence-electron chi connectivity index (χ2n) is 4.36. The summed E-state index contributed by atoms with van der Waals surface area (Å²) >= 11 is 0. The van der Waals surface area contributed by atoms with Gasteiger partial charge in [-0.15, -0.1) is 0 Å². The van der Waals surface area contributed by atoms with Crippen LogP contribution in [0.1, 0.15) is 19.3 Å². The van der Waals surface area contributed by atoms with Crippen LogP contribution in [0.25, 0.3) is 0 Å². The van der Waals surface area contributed by atoms with Gasteiger partial charge in [-0.2, -0.15) is 0 Å². The zero-order valence-corrected chi connectivity index (χ0v) is 8.32. The first-order valence-electron chi connectivity index (χ1n) is 5.31. The summed E-state index contributed by atoms with van der Waals surface area (Å²) in [7, 11) is 0. The van der Waals surface area contributed by atoms with Gasteiger partial charge in [0, 0.05) is 25.6 Å². The minimum absolute atomic E-state index is 0.421. The summed E-state index contributed by atoms with van der Waals surface area (Å²) in [6.45, 7) is 2.94. The van der Waals surface area contributed by atoms with Gasteiger partial charge in [-0.05, 0) is 25.2 Å². The van der Waals surface area contributed by atoms with E-state index in [1.807, 2.05) is 0 Å². The highest BCUT2D eigenvalue weighted by Gasteiger charge is 2.27. The van der Waals surface area contributed by atoms with Crippen molar-refractivity contribution in [1.29, 1.82) is 0 Å². The van der Waals surface area contributed by atoms with E-state index in [9.17, 15) is 4.79 Å². The van der Waals surface area contributed by atoms with Gasteiger partial charge < -0.3 is 14.7 Å². The summed E-state index contributed by atoms with van der Waals surface area (Å²) in [5.41, 5.74) is 0. The van der Waals surface area contributed by atoms with E-state index in [1.54, 1.807) is 0 Å². The average Bonchev–Trinajstić information content (AvgIpc) is 2.82. The Balaban J connectivity index is 1.60. The highest BCUT2D eigenvalue weighted by atomic mass is 16.5. The standard InChI is InChI=1S/C10H17NO3/c12-10(13)11-4-3-9(5-11)7-14-6-8-1-2-8/h8-9H,1-7H2,(H,12,13). The second-order valence-corrected chi connectivity index (χ2v) is 4.36. The molecular weight excluding hydrogens is 182 g/mol.